The molecule has 1 aliphatic carbocycles. The Labute approximate surface area is 108 Å². The third-order valence-electron chi connectivity index (χ3n) is 3.27. The molecule has 16 heavy (non-hydrogen) atoms. The first-order valence-corrected chi connectivity index (χ1v) is 5.86. The molecule has 0 spiro atoms. The Kier molecular flexibility index (Phi) is 4.66. The number of aryl methyl sites for hydroxylation is 2. The average molecular weight is 286 g/mol. The third-order valence-corrected chi connectivity index (χ3v) is 3.27. The number of fused-ring (bicyclic) bond motifs is 1. The summed E-state index contributed by atoms with van der Waals surface area (Å²) in [5, 5.41) is 10.0. The van der Waals surface area contributed by atoms with E-state index in [1.807, 2.05) is 0 Å². The maximum atomic E-state index is 10.0. The van der Waals surface area contributed by atoms with E-state index in [1.54, 1.807) is 0 Å². The van der Waals surface area contributed by atoms with Gasteiger partial charge in [-0.3, -0.25) is 0 Å². The standard InChI is InChI=1S/C13H19NO.BrH/c1-2-5-10-8-9-6-3-4-7-11(9)13(15)12(10)14;/h8,15H,2-7,14H2,1H3;1H. The van der Waals surface area contributed by atoms with Crippen LogP contribution in [0.5, 0.6) is 5.75 Å². The Hall–Kier alpha value is -0.700. The number of halogens is 1. The highest BCUT2D eigenvalue weighted by Crippen LogP contribution is 2.36. The second-order valence-corrected chi connectivity index (χ2v) is 4.39. The van der Waals surface area contributed by atoms with Crippen molar-refractivity contribution in [2.45, 2.75) is 45.4 Å². The lowest BCUT2D eigenvalue weighted by Gasteiger charge is -2.20. The number of phenolic OH excluding ortho intramolecular Hbond substituents is 1. The van der Waals surface area contributed by atoms with E-state index < -0.39 is 0 Å². The van der Waals surface area contributed by atoms with Gasteiger partial charge >= 0.3 is 0 Å². The molecule has 0 saturated carbocycles. The lowest BCUT2D eigenvalue weighted by molar-refractivity contribution is 0.464. The van der Waals surface area contributed by atoms with Crippen LogP contribution < -0.4 is 5.73 Å². The van der Waals surface area contributed by atoms with Gasteiger partial charge < -0.3 is 10.8 Å². The number of nitrogen functional groups attached to an aromatic ring is 1. The van der Waals surface area contributed by atoms with Crippen molar-refractivity contribution in [1.29, 1.82) is 0 Å². The molecule has 0 bridgehead atoms. The van der Waals surface area contributed by atoms with Crippen molar-refractivity contribution < 1.29 is 5.11 Å². The molecule has 0 radical (unpaired) electrons. The van der Waals surface area contributed by atoms with Crippen molar-refractivity contribution in [1.82, 2.24) is 0 Å². The van der Waals surface area contributed by atoms with Crippen LogP contribution >= 0.6 is 17.0 Å². The van der Waals surface area contributed by atoms with Gasteiger partial charge in [-0.05, 0) is 48.8 Å². The molecule has 3 heteroatoms. The van der Waals surface area contributed by atoms with Gasteiger partial charge in [-0.1, -0.05) is 19.4 Å². The minimum Gasteiger partial charge on any atom is -0.505 e. The zero-order valence-electron chi connectivity index (χ0n) is 9.75. The molecule has 0 heterocycles. The molecule has 0 atom stereocenters. The second kappa shape index (κ2) is 5.58. The lowest BCUT2D eigenvalue weighted by atomic mass is 9.88. The molecule has 0 unspecified atom stereocenters. The summed E-state index contributed by atoms with van der Waals surface area (Å²) >= 11 is 0. The largest absolute Gasteiger partial charge is 0.505 e. The molecule has 90 valence electrons. The first-order valence-electron chi connectivity index (χ1n) is 5.86. The summed E-state index contributed by atoms with van der Waals surface area (Å²) in [5.74, 6) is 0.357. The summed E-state index contributed by atoms with van der Waals surface area (Å²) < 4.78 is 0. The Bertz CT molecular complexity index is 377. The highest BCUT2D eigenvalue weighted by atomic mass is 79.9. The van der Waals surface area contributed by atoms with Crippen LogP contribution in [0.25, 0.3) is 0 Å². The quantitative estimate of drug-likeness (QED) is 0.646. The van der Waals surface area contributed by atoms with Crippen LogP contribution in [0.3, 0.4) is 0 Å². The number of hydrogen-bond donors (Lipinski definition) is 2. The van der Waals surface area contributed by atoms with E-state index in [0.717, 1.165) is 36.8 Å². The van der Waals surface area contributed by atoms with Crippen molar-refractivity contribution in [3.8, 4) is 5.75 Å². The topological polar surface area (TPSA) is 46.2 Å². The van der Waals surface area contributed by atoms with Crippen LogP contribution in [-0.2, 0) is 19.3 Å². The number of hydrogen-bond acceptors (Lipinski definition) is 2. The molecule has 1 aromatic rings. The summed E-state index contributed by atoms with van der Waals surface area (Å²) in [6.07, 6.45) is 6.53. The van der Waals surface area contributed by atoms with Crippen molar-refractivity contribution in [3.05, 3.63) is 22.8 Å². The summed E-state index contributed by atoms with van der Waals surface area (Å²) in [7, 11) is 0. The number of aromatic hydroxyl groups is 1. The van der Waals surface area contributed by atoms with Gasteiger partial charge in [0.2, 0.25) is 0 Å². The second-order valence-electron chi connectivity index (χ2n) is 4.39. The molecule has 0 aliphatic heterocycles. The van der Waals surface area contributed by atoms with Gasteiger partial charge in [-0.25, -0.2) is 0 Å². The van der Waals surface area contributed by atoms with Crippen LogP contribution in [0.1, 0.15) is 42.9 Å². The highest BCUT2D eigenvalue weighted by Gasteiger charge is 2.17. The van der Waals surface area contributed by atoms with Gasteiger partial charge in [0.25, 0.3) is 0 Å². The maximum absolute atomic E-state index is 10.0. The van der Waals surface area contributed by atoms with Gasteiger partial charge in [0.15, 0.2) is 0 Å². The van der Waals surface area contributed by atoms with Crippen molar-refractivity contribution in [2.75, 3.05) is 5.73 Å². The van der Waals surface area contributed by atoms with Crippen molar-refractivity contribution in [2.24, 2.45) is 0 Å². The molecule has 0 fully saturated rings. The van der Waals surface area contributed by atoms with Gasteiger partial charge in [0.1, 0.15) is 5.75 Å². The van der Waals surface area contributed by atoms with Gasteiger partial charge in [0.05, 0.1) is 5.69 Å². The van der Waals surface area contributed by atoms with E-state index in [2.05, 4.69) is 13.0 Å². The normalized spacial score (nSPS) is 14.1. The predicted octanol–water partition coefficient (Wildman–Crippen LogP) is 3.38. The monoisotopic (exact) mass is 285 g/mol. The fraction of sp³-hybridized carbons (Fsp3) is 0.538. The molecular weight excluding hydrogens is 266 g/mol. The number of benzene rings is 1. The smallest absolute Gasteiger partial charge is 0.142 e. The molecule has 0 amide bonds. The Balaban J connectivity index is 0.00000128. The van der Waals surface area contributed by atoms with Gasteiger partial charge in [0, 0.05) is 0 Å². The highest BCUT2D eigenvalue weighted by molar-refractivity contribution is 8.93. The minimum absolute atomic E-state index is 0. The zero-order valence-corrected chi connectivity index (χ0v) is 11.5. The molecule has 3 N–H and O–H groups in total. The third kappa shape index (κ3) is 2.34. The lowest BCUT2D eigenvalue weighted by Crippen LogP contribution is -2.07. The van der Waals surface area contributed by atoms with Crippen LogP contribution in [0.15, 0.2) is 6.07 Å². The Morgan fingerprint density at radius 2 is 2.00 bits per heavy atom. The first kappa shape index (κ1) is 13.4. The van der Waals surface area contributed by atoms with Gasteiger partial charge in [-0.2, -0.15) is 0 Å². The van der Waals surface area contributed by atoms with E-state index in [1.165, 1.54) is 18.4 Å². The van der Waals surface area contributed by atoms with Crippen molar-refractivity contribution in [3.63, 3.8) is 0 Å². The summed E-state index contributed by atoms with van der Waals surface area (Å²) in [4.78, 5) is 0. The van der Waals surface area contributed by atoms with E-state index >= 15 is 0 Å². The van der Waals surface area contributed by atoms with Crippen LogP contribution in [0.4, 0.5) is 5.69 Å². The summed E-state index contributed by atoms with van der Waals surface area (Å²) in [6, 6.07) is 2.20. The maximum Gasteiger partial charge on any atom is 0.142 e. The average Bonchev–Trinajstić information content (AvgIpc) is 2.26. The number of nitrogens with two attached hydrogens (primary N) is 1. The van der Waals surface area contributed by atoms with E-state index in [-0.39, 0.29) is 17.0 Å². The molecule has 1 aliphatic rings. The van der Waals surface area contributed by atoms with Crippen LogP contribution in [0.2, 0.25) is 0 Å². The first-order chi connectivity index (χ1) is 7.24. The number of phenols is 1. The van der Waals surface area contributed by atoms with E-state index in [4.69, 9.17) is 5.73 Å². The fourth-order valence-electron chi connectivity index (χ4n) is 2.44. The SMILES string of the molecule is Br.CCCc1cc2c(c(O)c1N)CCCC2. The van der Waals surface area contributed by atoms with Gasteiger partial charge in [-0.15, -0.1) is 17.0 Å². The molecule has 1 aromatic carbocycles. The Morgan fingerprint density at radius 3 is 2.69 bits per heavy atom. The fourth-order valence-corrected chi connectivity index (χ4v) is 2.44. The van der Waals surface area contributed by atoms with Crippen LogP contribution in [-0.4, -0.2) is 5.11 Å². The van der Waals surface area contributed by atoms with E-state index in [0.29, 0.717) is 11.4 Å². The Morgan fingerprint density at radius 1 is 1.31 bits per heavy atom. The number of rotatable bonds is 2. The molecule has 0 aromatic heterocycles. The number of anilines is 1. The summed E-state index contributed by atoms with van der Waals surface area (Å²) in [5.41, 5.74) is 10.1. The molecule has 2 rings (SSSR count). The minimum atomic E-state index is 0. The molecule has 2 nitrogen and oxygen atoms in total. The molecular formula is C13H20BrNO. The predicted molar refractivity (Wildman–Crippen MR) is 73.5 cm³/mol. The van der Waals surface area contributed by atoms with Crippen molar-refractivity contribution >= 4 is 22.7 Å². The summed E-state index contributed by atoms with van der Waals surface area (Å²) in [6.45, 7) is 2.13. The zero-order chi connectivity index (χ0) is 10.8. The molecule has 0 saturated heterocycles. The van der Waals surface area contributed by atoms with Crippen LogP contribution in [0, 0.1) is 0 Å². The van der Waals surface area contributed by atoms with E-state index in [9.17, 15) is 5.11 Å².